The van der Waals surface area contributed by atoms with Gasteiger partial charge in [0.05, 0.1) is 11.3 Å². The number of unbranched alkanes of at least 4 members (excludes halogenated alkanes) is 1. The minimum absolute atomic E-state index is 0.190. The van der Waals surface area contributed by atoms with Crippen LogP contribution in [-0.2, 0) is 4.79 Å². The third-order valence-electron chi connectivity index (χ3n) is 3.39. The first-order valence-corrected chi connectivity index (χ1v) is 9.24. The third kappa shape index (κ3) is 16.4. The first-order chi connectivity index (χ1) is 12.7. The Morgan fingerprint density at radius 3 is 1.81 bits per heavy atom. The Hall–Kier alpha value is -2.49. The second-order valence-corrected chi connectivity index (χ2v) is 5.61. The molecule has 0 N–H and O–H groups in total. The predicted octanol–water partition coefficient (Wildman–Crippen LogP) is 6.27. The lowest BCUT2D eigenvalue weighted by Gasteiger charge is -1.93. The predicted molar refractivity (Wildman–Crippen MR) is 109 cm³/mol. The molecule has 4 heteroatoms. The average Bonchev–Trinajstić information content (AvgIpc) is 2.63. The van der Waals surface area contributed by atoms with Gasteiger partial charge in [-0.05, 0) is 44.6 Å². The summed E-state index contributed by atoms with van der Waals surface area (Å²) in [5.41, 5.74) is 0.190. The summed E-state index contributed by atoms with van der Waals surface area (Å²) in [7, 11) is 0. The standard InChI is InChI=1S/C22H31NO3/c1-2-3-4-5-6-7-8-9-10-11-12-13-16-19-22(23(25)26)20-17-14-15-18-21-24/h3-4,6-7,9-10,12-14,17,19,21H,2,5,8,11,15-16,18,20H2,1H3/b4-3-,7-6-,10-9-,13-12-,17-14-,22-19+. The van der Waals surface area contributed by atoms with E-state index < -0.39 is 0 Å². The van der Waals surface area contributed by atoms with Crippen LogP contribution >= 0.6 is 0 Å². The lowest BCUT2D eigenvalue weighted by Crippen LogP contribution is -1.97. The Morgan fingerprint density at radius 2 is 1.31 bits per heavy atom. The summed E-state index contributed by atoms with van der Waals surface area (Å²) >= 11 is 0. The van der Waals surface area contributed by atoms with Crippen LogP contribution in [0.2, 0.25) is 0 Å². The fourth-order valence-electron chi connectivity index (χ4n) is 2.00. The van der Waals surface area contributed by atoms with E-state index in [0.717, 1.165) is 32.0 Å². The number of rotatable bonds is 15. The Labute approximate surface area is 157 Å². The topological polar surface area (TPSA) is 60.2 Å². The van der Waals surface area contributed by atoms with E-state index >= 15 is 0 Å². The van der Waals surface area contributed by atoms with E-state index in [4.69, 9.17) is 0 Å². The largest absolute Gasteiger partial charge is 0.303 e. The second kappa shape index (κ2) is 18.8. The molecule has 4 nitrogen and oxygen atoms in total. The van der Waals surface area contributed by atoms with Crippen molar-refractivity contribution in [3.8, 4) is 0 Å². The van der Waals surface area contributed by atoms with Gasteiger partial charge in [-0.25, -0.2) is 0 Å². The van der Waals surface area contributed by atoms with Crippen LogP contribution in [-0.4, -0.2) is 11.2 Å². The van der Waals surface area contributed by atoms with E-state index in [1.54, 1.807) is 18.2 Å². The van der Waals surface area contributed by atoms with Crippen molar-refractivity contribution in [2.45, 2.75) is 58.3 Å². The summed E-state index contributed by atoms with van der Waals surface area (Å²) in [4.78, 5) is 20.8. The summed E-state index contributed by atoms with van der Waals surface area (Å²) in [5.74, 6) is 0. The molecular weight excluding hydrogens is 326 g/mol. The van der Waals surface area contributed by atoms with Crippen molar-refractivity contribution < 1.29 is 9.72 Å². The van der Waals surface area contributed by atoms with Gasteiger partial charge in [-0.1, -0.05) is 67.7 Å². The Morgan fingerprint density at radius 1 is 0.769 bits per heavy atom. The van der Waals surface area contributed by atoms with Crippen LogP contribution in [0.5, 0.6) is 0 Å². The van der Waals surface area contributed by atoms with Crippen LogP contribution in [0.4, 0.5) is 0 Å². The maximum atomic E-state index is 11.0. The minimum Gasteiger partial charge on any atom is -0.303 e. The molecule has 0 aliphatic carbocycles. The zero-order chi connectivity index (χ0) is 19.3. The summed E-state index contributed by atoms with van der Waals surface area (Å²) in [6, 6.07) is 0. The van der Waals surface area contributed by atoms with Crippen molar-refractivity contribution in [3.05, 3.63) is 82.6 Å². The highest BCUT2D eigenvalue weighted by atomic mass is 16.6. The average molecular weight is 357 g/mol. The van der Waals surface area contributed by atoms with Crippen molar-refractivity contribution in [2.75, 3.05) is 0 Å². The highest BCUT2D eigenvalue weighted by Crippen LogP contribution is 2.06. The van der Waals surface area contributed by atoms with E-state index in [0.29, 0.717) is 25.7 Å². The van der Waals surface area contributed by atoms with Crippen LogP contribution in [0.25, 0.3) is 0 Å². The second-order valence-electron chi connectivity index (χ2n) is 5.61. The Bertz CT molecular complexity index is 552. The first kappa shape index (κ1) is 23.5. The number of aldehydes is 1. The first-order valence-electron chi connectivity index (χ1n) is 9.24. The normalized spacial score (nSPS) is 13.2. The lowest BCUT2D eigenvalue weighted by atomic mass is 10.2. The van der Waals surface area contributed by atoms with Crippen molar-refractivity contribution in [3.63, 3.8) is 0 Å². The van der Waals surface area contributed by atoms with Gasteiger partial charge >= 0.3 is 0 Å². The molecule has 0 aliphatic rings. The van der Waals surface area contributed by atoms with Crippen LogP contribution in [0.3, 0.4) is 0 Å². The van der Waals surface area contributed by atoms with Crippen molar-refractivity contribution >= 4 is 6.29 Å². The molecule has 0 aliphatic heterocycles. The maximum Gasteiger partial charge on any atom is 0.246 e. The molecule has 142 valence electrons. The fourth-order valence-corrected chi connectivity index (χ4v) is 2.00. The molecule has 0 rings (SSSR count). The van der Waals surface area contributed by atoms with Crippen LogP contribution in [0, 0.1) is 10.1 Å². The Balaban J connectivity index is 4.01. The van der Waals surface area contributed by atoms with Gasteiger partial charge in [-0.2, -0.15) is 0 Å². The van der Waals surface area contributed by atoms with Crippen LogP contribution < -0.4 is 0 Å². The monoisotopic (exact) mass is 357 g/mol. The minimum atomic E-state index is -0.347. The number of nitro groups is 1. The molecule has 0 atom stereocenters. The molecule has 0 fully saturated rings. The van der Waals surface area contributed by atoms with E-state index in [9.17, 15) is 14.9 Å². The van der Waals surface area contributed by atoms with Gasteiger partial charge in [-0.15, -0.1) is 0 Å². The summed E-state index contributed by atoms with van der Waals surface area (Å²) in [5, 5.41) is 11.0. The molecule has 0 heterocycles. The number of hydrogen-bond acceptors (Lipinski definition) is 3. The van der Waals surface area contributed by atoms with E-state index in [2.05, 4.69) is 43.4 Å². The molecule has 0 bridgehead atoms. The molecular formula is C22H31NO3. The highest BCUT2D eigenvalue weighted by Gasteiger charge is 2.06. The van der Waals surface area contributed by atoms with Gasteiger partial charge in [0.1, 0.15) is 6.29 Å². The van der Waals surface area contributed by atoms with E-state index in [1.165, 1.54) is 0 Å². The van der Waals surface area contributed by atoms with E-state index in [-0.39, 0.29) is 10.6 Å². The smallest absolute Gasteiger partial charge is 0.246 e. The summed E-state index contributed by atoms with van der Waals surface area (Å²) in [6.07, 6.45) is 28.6. The lowest BCUT2D eigenvalue weighted by molar-refractivity contribution is -0.427. The number of nitrogens with zero attached hydrogens (tertiary/aromatic N) is 1. The van der Waals surface area contributed by atoms with Gasteiger partial charge in [0.25, 0.3) is 0 Å². The van der Waals surface area contributed by atoms with E-state index in [1.807, 2.05) is 12.2 Å². The SMILES string of the molecule is CC/C=C\C/C=C\C/C=C\C/C=C\C/C=C(\C/C=C\CCC=O)[N+](=O)[O-]. The molecule has 0 unspecified atom stereocenters. The van der Waals surface area contributed by atoms with Crippen molar-refractivity contribution in [1.29, 1.82) is 0 Å². The third-order valence-corrected chi connectivity index (χ3v) is 3.39. The van der Waals surface area contributed by atoms with Crippen molar-refractivity contribution in [2.24, 2.45) is 0 Å². The van der Waals surface area contributed by atoms with Crippen LogP contribution in [0.15, 0.2) is 72.5 Å². The molecule has 26 heavy (non-hydrogen) atoms. The number of allylic oxidation sites excluding steroid dienone is 11. The molecule has 0 spiro atoms. The molecule has 0 aromatic carbocycles. The molecule has 0 aromatic heterocycles. The summed E-state index contributed by atoms with van der Waals surface area (Å²) < 4.78 is 0. The maximum absolute atomic E-state index is 11.0. The molecule has 0 radical (unpaired) electrons. The quantitative estimate of drug-likeness (QED) is 0.114. The number of hydrogen-bond donors (Lipinski definition) is 0. The number of carbonyl (C=O) groups is 1. The fraction of sp³-hybridized carbons (Fsp3) is 0.409. The van der Waals surface area contributed by atoms with Gasteiger partial charge in [0.15, 0.2) is 0 Å². The molecule has 0 saturated heterocycles. The summed E-state index contributed by atoms with van der Waals surface area (Å²) in [6.45, 7) is 2.12. The van der Waals surface area contributed by atoms with Gasteiger partial charge in [0.2, 0.25) is 5.70 Å². The molecule has 0 saturated carbocycles. The van der Waals surface area contributed by atoms with Gasteiger partial charge in [0, 0.05) is 6.42 Å². The van der Waals surface area contributed by atoms with Crippen molar-refractivity contribution in [1.82, 2.24) is 0 Å². The zero-order valence-corrected chi connectivity index (χ0v) is 15.8. The highest BCUT2D eigenvalue weighted by molar-refractivity contribution is 5.49. The van der Waals surface area contributed by atoms with Gasteiger partial charge < -0.3 is 4.79 Å². The zero-order valence-electron chi connectivity index (χ0n) is 15.8. The molecule has 0 amide bonds. The Kier molecular flexibility index (Phi) is 17.0. The van der Waals surface area contributed by atoms with Crippen LogP contribution in [0.1, 0.15) is 58.3 Å². The van der Waals surface area contributed by atoms with Gasteiger partial charge in [-0.3, -0.25) is 10.1 Å². The number of carbonyl (C=O) groups excluding carboxylic acids is 1. The molecule has 0 aromatic rings.